The van der Waals surface area contributed by atoms with Gasteiger partial charge in [-0.05, 0) is 67.1 Å². The number of rotatable bonds is 4. The van der Waals surface area contributed by atoms with Gasteiger partial charge in [-0.2, -0.15) is 0 Å². The van der Waals surface area contributed by atoms with E-state index >= 15 is 0 Å². The van der Waals surface area contributed by atoms with Crippen LogP contribution in [0.1, 0.15) is 16.8 Å². The number of anilines is 1. The highest BCUT2D eigenvalue weighted by Gasteiger charge is 2.38. The molecule has 0 saturated carbocycles. The SMILES string of the molecule is Fc1ccccc1.O=C(c1ccc(Cl)cc1)C1CCN(c2ccc(OC(F)(F)F)cc2)C1=O. The molecular weight excluding hydrogens is 462 g/mol. The van der Waals surface area contributed by atoms with Crippen molar-refractivity contribution in [3.8, 4) is 5.75 Å². The number of hydrogen-bond donors (Lipinski definition) is 0. The molecule has 0 bridgehead atoms. The topological polar surface area (TPSA) is 46.6 Å². The number of benzene rings is 3. The zero-order valence-electron chi connectivity index (χ0n) is 17.1. The van der Waals surface area contributed by atoms with Crippen LogP contribution in [0.5, 0.6) is 5.75 Å². The fourth-order valence-electron chi connectivity index (χ4n) is 3.24. The average molecular weight is 480 g/mol. The predicted octanol–water partition coefficient (Wildman–Crippen LogP) is 6.30. The summed E-state index contributed by atoms with van der Waals surface area (Å²) >= 11 is 5.79. The highest BCUT2D eigenvalue weighted by atomic mass is 35.5. The summed E-state index contributed by atoms with van der Waals surface area (Å²) in [6, 6.07) is 19.2. The molecule has 1 unspecified atom stereocenters. The van der Waals surface area contributed by atoms with Gasteiger partial charge in [0.1, 0.15) is 17.5 Å². The summed E-state index contributed by atoms with van der Waals surface area (Å²) in [5.74, 6) is -2.05. The predicted molar refractivity (Wildman–Crippen MR) is 116 cm³/mol. The Morgan fingerprint density at radius 1 is 0.939 bits per heavy atom. The summed E-state index contributed by atoms with van der Waals surface area (Å²) in [5.41, 5.74) is 0.805. The van der Waals surface area contributed by atoms with E-state index in [1.807, 2.05) is 0 Å². The summed E-state index contributed by atoms with van der Waals surface area (Å²) in [5, 5.41) is 0.488. The van der Waals surface area contributed by atoms with Gasteiger partial charge in [0.05, 0.1) is 0 Å². The smallest absolute Gasteiger partial charge is 0.406 e. The fourth-order valence-corrected chi connectivity index (χ4v) is 3.36. The number of ether oxygens (including phenoxy) is 1. The molecule has 1 saturated heterocycles. The normalized spacial score (nSPS) is 15.6. The molecule has 33 heavy (non-hydrogen) atoms. The second kappa shape index (κ2) is 10.5. The molecule has 4 nitrogen and oxygen atoms in total. The Bertz CT molecular complexity index is 1090. The molecule has 1 amide bonds. The number of nitrogens with zero attached hydrogens (tertiary/aromatic N) is 1. The Hall–Kier alpha value is -3.39. The summed E-state index contributed by atoms with van der Waals surface area (Å²) < 4.78 is 52.3. The van der Waals surface area contributed by atoms with E-state index in [-0.39, 0.29) is 23.3 Å². The van der Waals surface area contributed by atoms with E-state index in [0.29, 0.717) is 29.2 Å². The third-order valence-electron chi connectivity index (χ3n) is 4.77. The number of hydrogen-bond acceptors (Lipinski definition) is 3. The minimum atomic E-state index is -4.78. The van der Waals surface area contributed by atoms with E-state index in [1.54, 1.807) is 42.5 Å². The van der Waals surface area contributed by atoms with Crippen LogP contribution in [0.2, 0.25) is 5.02 Å². The summed E-state index contributed by atoms with van der Waals surface area (Å²) in [6.45, 7) is 0.308. The van der Waals surface area contributed by atoms with Gasteiger partial charge in [-0.15, -0.1) is 13.2 Å². The minimum Gasteiger partial charge on any atom is -0.406 e. The molecule has 1 aliphatic heterocycles. The first-order valence-electron chi connectivity index (χ1n) is 9.81. The van der Waals surface area contributed by atoms with Gasteiger partial charge in [0.15, 0.2) is 5.78 Å². The van der Waals surface area contributed by atoms with Crippen molar-refractivity contribution >= 4 is 29.0 Å². The second-order valence-corrected chi connectivity index (χ2v) is 7.48. The van der Waals surface area contributed by atoms with Crippen molar-refractivity contribution in [1.29, 1.82) is 0 Å². The van der Waals surface area contributed by atoms with E-state index < -0.39 is 12.3 Å². The molecule has 9 heteroatoms. The molecule has 0 aromatic heterocycles. The third-order valence-corrected chi connectivity index (χ3v) is 5.02. The maximum absolute atomic E-state index is 12.6. The zero-order chi connectivity index (χ0) is 24.0. The number of amides is 1. The number of alkyl halides is 3. The summed E-state index contributed by atoms with van der Waals surface area (Å²) in [6.07, 6.45) is -4.44. The van der Waals surface area contributed by atoms with Gasteiger partial charge in [-0.3, -0.25) is 9.59 Å². The number of carbonyl (C=O) groups is 2. The van der Waals surface area contributed by atoms with E-state index in [0.717, 1.165) is 12.1 Å². The van der Waals surface area contributed by atoms with Crippen molar-refractivity contribution in [1.82, 2.24) is 0 Å². The van der Waals surface area contributed by atoms with Gasteiger partial charge in [-0.25, -0.2) is 4.39 Å². The Morgan fingerprint density at radius 3 is 2.06 bits per heavy atom. The molecule has 1 fully saturated rings. The van der Waals surface area contributed by atoms with Gasteiger partial charge in [0.2, 0.25) is 5.91 Å². The second-order valence-electron chi connectivity index (χ2n) is 7.04. The molecule has 4 rings (SSSR count). The number of ketones is 1. The van der Waals surface area contributed by atoms with Crippen molar-refractivity contribution in [2.24, 2.45) is 5.92 Å². The van der Waals surface area contributed by atoms with Crippen LogP contribution in [-0.2, 0) is 4.79 Å². The van der Waals surface area contributed by atoms with Crippen LogP contribution < -0.4 is 9.64 Å². The van der Waals surface area contributed by atoms with Crippen LogP contribution in [0.15, 0.2) is 78.9 Å². The molecule has 1 atom stereocenters. The van der Waals surface area contributed by atoms with Crippen LogP contribution in [0.3, 0.4) is 0 Å². The monoisotopic (exact) mass is 479 g/mol. The zero-order valence-corrected chi connectivity index (χ0v) is 17.8. The Kier molecular flexibility index (Phi) is 7.71. The molecule has 3 aromatic rings. The molecule has 0 spiro atoms. The first kappa shape index (κ1) is 24.3. The van der Waals surface area contributed by atoms with Gasteiger partial charge in [0.25, 0.3) is 0 Å². The number of halogens is 5. The van der Waals surface area contributed by atoms with Crippen LogP contribution in [0, 0.1) is 11.7 Å². The first-order chi connectivity index (χ1) is 15.6. The maximum Gasteiger partial charge on any atom is 0.573 e. The number of Topliss-reactive ketones (excluding diaryl/α,β-unsaturated/α-hetero) is 1. The van der Waals surface area contributed by atoms with Crippen LogP contribution in [-0.4, -0.2) is 24.6 Å². The van der Waals surface area contributed by atoms with E-state index in [9.17, 15) is 27.2 Å². The van der Waals surface area contributed by atoms with Crippen LogP contribution in [0.25, 0.3) is 0 Å². The van der Waals surface area contributed by atoms with Crippen molar-refractivity contribution in [2.75, 3.05) is 11.4 Å². The van der Waals surface area contributed by atoms with Crippen molar-refractivity contribution < 1.29 is 31.9 Å². The molecule has 0 aliphatic carbocycles. The Balaban J connectivity index is 0.000000374. The van der Waals surface area contributed by atoms with Crippen LogP contribution in [0.4, 0.5) is 23.2 Å². The van der Waals surface area contributed by atoms with Crippen molar-refractivity contribution in [2.45, 2.75) is 12.8 Å². The fraction of sp³-hybridized carbons (Fsp3) is 0.167. The Labute approximate surface area is 192 Å². The summed E-state index contributed by atoms with van der Waals surface area (Å²) in [7, 11) is 0. The average Bonchev–Trinajstić information content (AvgIpc) is 3.15. The van der Waals surface area contributed by atoms with Gasteiger partial charge < -0.3 is 9.64 Å². The first-order valence-corrected chi connectivity index (χ1v) is 10.2. The lowest BCUT2D eigenvalue weighted by Gasteiger charge is -2.17. The van der Waals surface area contributed by atoms with Gasteiger partial charge in [0, 0.05) is 22.8 Å². The third kappa shape index (κ3) is 6.79. The van der Waals surface area contributed by atoms with Gasteiger partial charge >= 0.3 is 6.36 Å². The van der Waals surface area contributed by atoms with E-state index in [2.05, 4.69) is 4.74 Å². The highest BCUT2D eigenvalue weighted by molar-refractivity contribution is 6.30. The lowest BCUT2D eigenvalue weighted by atomic mass is 9.96. The van der Waals surface area contributed by atoms with Gasteiger partial charge in [-0.1, -0.05) is 29.8 Å². The molecular formula is C24H18ClF4NO3. The molecule has 1 heterocycles. The largest absolute Gasteiger partial charge is 0.573 e. The maximum atomic E-state index is 12.6. The van der Waals surface area contributed by atoms with Crippen LogP contribution >= 0.6 is 11.6 Å². The molecule has 0 radical (unpaired) electrons. The molecule has 3 aromatic carbocycles. The molecule has 172 valence electrons. The highest BCUT2D eigenvalue weighted by Crippen LogP contribution is 2.30. The summed E-state index contributed by atoms with van der Waals surface area (Å²) in [4.78, 5) is 26.5. The lowest BCUT2D eigenvalue weighted by molar-refractivity contribution is -0.274. The lowest BCUT2D eigenvalue weighted by Crippen LogP contribution is -2.30. The van der Waals surface area contributed by atoms with E-state index in [4.69, 9.17) is 11.6 Å². The van der Waals surface area contributed by atoms with Crippen molar-refractivity contribution in [3.05, 3.63) is 95.3 Å². The quantitative estimate of drug-likeness (QED) is 0.250. The Morgan fingerprint density at radius 2 is 1.55 bits per heavy atom. The van der Waals surface area contributed by atoms with Crippen molar-refractivity contribution in [3.63, 3.8) is 0 Å². The standard InChI is InChI=1S/C18H13ClF3NO3.C6H5F/c19-12-3-1-11(2-4-12)16(24)15-9-10-23(17(15)25)13-5-7-14(8-6-13)26-18(20,21)22;7-6-4-2-1-3-5-6/h1-8,15H,9-10H2;1-5H. The van der Waals surface area contributed by atoms with E-state index in [1.165, 1.54) is 29.2 Å². The molecule has 1 aliphatic rings. The molecule has 0 N–H and O–H groups in total. The number of carbonyl (C=O) groups excluding carboxylic acids is 2. The minimum absolute atomic E-state index is 0.178.